The lowest BCUT2D eigenvalue weighted by molar-refractivity contribution is -0.123. The highest BCUT2D eigenvalue weighted by atomic mass is 127. The molecule has 0 radical (unpaired) electrons. The van der Waals surface area contributed by atoms with E-state index in [1.807, 2.05) is 53.9 Å². The van der Waals surface area contributed by atoms with Crippen LogP contribution in [0.25, 0.3) is 0 Å². The topological polar surface area (TPSA) is 69.2 Å². The van der Waals surface area contributed by atoms with Crippen LogP contribution < -0.4 is 19.6 Å². The summed E-state index contributed by atoms with van der Waals surface area (Å²) in [6.45, 7) is 0.0282. The third kappa shape index (κ3) is 6.98. The van der Waals surface area contributed by atoms with Crippen LogP contribution in [0.3, 0.4) is 0 Å². The number of amides is 1. The van der Waals surface area contributed by atoms with Crippen molar-refractivity contribution in [3.63, 3.8) is 0 Å². The highest BCUT2D eigenvalue weighted by Crippen LogP contribution is 2.45. The maximum Gasteiger partial charge on any atom is 0.277 e. The first-order valence-electron chi connectivity index (χ1n) is 9.32. The van der Waals surface area contributed by atoms with Crippen LogP contribution in [0, 0.1) is 15.9 Å². The highest BCUT2D eigenvalue weighted by molar-refractivity contribution is 14.1. The zero-order valence-electron chi connectivity index (χ0n) is 16.8. The van der Waals surface area contributed by atoms with E-state index in [4.69, 9.17) is 20.6 Å². The Hall–Kier alpha value is -2.03. The summed E-state index contributed by atoms with van der Waals surface area (Å²) in [5.74, 6) is 6.21. The number of hydrogen-bond acceptors (Lipinski definition) is 7. The molecule has 0 atom stereocenters. The van der Waals surface area contributed by atoms with E-state index in [9.17, 15) is 4.79 Å². The summed E-state index contributed by atoms with van der Waals surface area (Å²) in [7, 11) is 1.55. The summed E-state index contributed by atoms with van der Waals surface area (Å²) < 4.78 is 17.7. The van der Waals surface area contributed by atoms with Crippen LogP contribution in [0.2, 0.25) is 0 Å². The molecule has 6 nitrogen and oxygen atoms in total. The molecule has 31 heavy (non-hydrogen) atoms. The van der Waals surface area contributed by atoms with E-state index < -0.39 is 0 Å². The van der Waals surface area contributed by atoms with Gasteiger partial charge < -0.3 is 14.2 Å². The molecule has 2 aromatic rings. The molecule has 2 aromatic carbocycles. The van der Waals surface area contributed by atoms with Crippen molar-refractivity contribution >= 4 is 58.2 Å². The number of rotatable bonds is 9. The molecule has 1 aliphatic rings. The number of thioether (sulfide) groups is 2. The van der Waals surface area contributed by atoms with Gasteiger partial charge in [0.1, 0.15) is 12.4 Å². The minimum Gasteiger partial charge on any atom is -0.493 e. The molecule has 9 heteroatoms. The van der Waals surface area contributed by atoms with E-state index in [0.717, 1.165) is 9.13 Å². The molecular weight excluding hydrogens is 547 g/mol. The van der Waals surface area contributed by atoms with Gasteiger partial charge in [-0.2, -0.15) is 5.10 Å². The maximum atomic E-state index is 12.0. The summed E-state index contributed by atoms with van der Waals surface area (Å²) in [5.41, 5.74) is 4.48. The van der Waals surface area contributed by atoms with Gasteiger partial charge in [0, 0.05) is 11.5 Å². The number of benzene rings is 2. The molecule has 1 N–H and O–H groups in total. The standard InChI is InChI=1S/C22H21IN2O4S2/c1-3-8-28-21-18(23)11-15(12-19(21)27-2)13-24-25-20(26)14-29-17-6-4-16(5-7-17)22-30-9-10-31-22/h1,4-7,11-13,22H,8-10,14H2,2H3,(H,25,26)/b24-13-. The Labute approximate surface area is 204 Å². The lowest BCUT2D eigenvalue weighted by atomic mass is 10.2. The number of methoxy groups -OCH3 is 1. The number of hydrazone groups is 1. The Balaban J connectivity index is 1.50. The molecule has 0 spiro atoms. The van der Waals surface area contributed by atoms with Crippen molar-refractivity contribution in [2.45, 2.75) is 4.58 Å². The predicted octanol–water partition coefficient (Wildman–Crippen LogP) is 4.32. The summed E-state index contributed by atoms with van der Waals surface area (Å²) >= 11 is 6.03. The molecule has 1 aliphatic heterocycles. The molecule has 162 valence electrons. The molecule has 1 amide bonds. The normalized spacial score (nSPS) is 13.7. The van der Waals surface area contributed by atoms with Gasteiger partial charge in [-0.25, -0.2) is 5.43 Å². The van der Waals surface area contributed by atoms with Crippen molar-refractivity contribution in [3.05, 3.63) is 51.1 Å². The number of hydrogen-bond donors (Lipinski definition) is 1. The number of ether oxygens (including phenoxy) is 3. The zero-order chi connectivity index (χ0) is 22.1. The van der Waals surface area contributed by atoms with Crippen LogP contribution in [0.4, 0.5) is 0 Å². The number of halogens is 1. The van der Waals surface area contributed by atoms with Gasteiger partial charge in [0.15, 0.2) is 18.1 Å². The van der Waals surface area contributed by atoms with E-state index in [0.29, 0.717) is 21.8 Å². The smallest absolute Gasteiger partial charge is 0.277 e. The molecule has 3 rings (SSSR count). The van der Waals surface area contributed by atoms with Gasteiger partial charge in [-0.05, 0) is 58.0 Å². The lowest BCUT2D eigenvalue weighted by Gasteiger charge is -2.11. The fourth-order valence-electron chi connectivity index (χ4n) is 2.70. The summed E-state index contributed by atoms with van der Waals surface area (Å²) in [5, 5.41) is 3.99. The van der Waals surface area contributed by atoms with Crippen molar-refractivity contribution in [1.82, 2.24) is 5.43 Å². The Kier molecular flexibility index (Phi) is 9.24. The number of terminal acetylenes is 1. The molecule has 0 bridgehead atoms. The monoisotopic (exact) mass is 568 g/mol. The van der Waals surface area contributed by atoms with Gasteiger partial charge in [-0.1, -0.05) is 18.1 Å². The van der Waals surface area contributed by atoms with Gasteiger partial charge in [0.05, 0.1) is 21.5 Å². The molecule has 0 aromatic heterocycles. The predicted molar refractivity (Wildman–Crippen MR) is 135 cm³/mol. The average Bonchev–Trinajstić information content (AvgIpc) is 3.32. The molecule has 0 saturated carbocycles. The number of carbonyl (C=O) groups excluding carboxylic acids is 1. The highest BCUT2D eigenvalue weighted by Gasteiger charge is 2.18. The van der Waals surface area contributed by atoms with Crippen LogP contribution in [0.15, 0.2) is 41.5 Å². The summed E-state index contributed by atoms with van der Waals surface area (Å²) in [6, 6.07) is 11.5. The minimum absolute atomic E-state index is 0.122. The third-order valence-corrected chi connectivity index (χ3v) is 8.00. The van der Waals surface area contributed by atoms with Crippen LogP contribution in [0.1, 0.15) is 15.7 Å². The molecule has 1 saturated heterocycles. The van der Waals surface area contributed by atoms with Gasteiger partial charge in [0.2, 0.25) is 0 Å². The van der Waals surface area contributed by atoms with E-state index in [1.54, 1.807) is 13.2 Å². The first kappa shape index (κ1) is 23.6. The first-order chi connectivity index (χ1) is 15.1. The van der Waals surface area contributed by atoms with Gasteiger partial charge in [0.25, 0.3) is 5.91 Å². The lowest BCUT2D eigenvalue weighted by Crippen LogP contribution is -2.24. The van der Waals surface area contributed by atoms with Crippen LogP contribution in [-0.2, 0) is 4.79 Å². The second-order valence-corrected chi connectivity index (χ2v) is 10.1. The molecule has 1 heterocycles. The largest absolute Gasteiger partial charge is 0.493 e. The van der Waals surface area contributed by atoms with Crippen molar-refractivity contribution < 1.29 is 19.0 Å². The fraction of sp³-hybridized carbons (Fsp3) is 0.273. The van der Waals surface area contributed by atoms with Crippen LogP contribution >= 0.6 is 46.1 Å². The zero-order valence-corrected chi connectivity index (χ0v) is 20.6. The number of nitrogens with one attached hydrogen (secondary N) is 1. The summed E-state index contributed by atoms with van der Waals surface area (Å²) in [6.07, 6.45) is 6.77. The van der Waals surface area contributed by atoms with E-state index >= 15 is 0 Å². The van der Waals surface area contributed by atoms with E-state index in [2.05, 4.69) is 39.0 Å². The number of nitrogens with zero attached hydrogens (tertiary/aromatic N) is 1. The van der Waals surface area contributed by atoms with Crippen LogP contribution in [0.5, 0.6) is 17.2 Å². The van der Waals surface area contributed by atoms with Crippen molar-refractivity contribution in [2.24, 2.45) is 5.10 Å². The summed E-state index contributed by atoms with van der Waals surface area (Å²) in [4.78, 5) is 12.0. The molecule has 0 aliphatic carbocycles. The van der Waals surface area contributed by atoms with Crippen molar-refractivity contribution in [3.8, 4) is 29.6 Å². The van der Waals surface area contributed by atoms with Gasteiger partial charge >= 0.3 is 0 Å². The van der Waals surface area contributed by atoms with Gasteiger partial charge in [-0.3, -0.25) is 4.79 Å². The van der Waals surface area contributed by atoms with E-state index in [1.165, 1.54) is 23.3 Å². The first-order valence-corrected chi connectivity index (χ1v) is 12.5. The average molecular weight is 568 g/mol. The van der Waals surface area contributed by atoms with E-state index in [-0.39, 0.29) is 19.1 Å². The molecule has 0 unspecified atom stereocenters. The fourth-order valence-corrected chi connectivity index (χ4v) is 6.34. The quantitative estimate of drug-likeness (QED) is 0.211. The molecular formula is C22H21IN2O4S2. The second kappa shape index (κ2) is 12.1. The molecule has 1 fully saturated rings. The second-order valence-electron chi connectivity index (χ2n) is 6.25. The van der Waals surface area contributed by atoms with Crippen LogP contribution in [-0.4, -0.2) is 44.0 Å². The minimum atomic E-state index is -0.349. The van der Waals surface area contributed by atoms with Gasteiger partial charge in [-0.15, -0.1) is 29.9 Å². The maximum absolute atomic E-state index is 12.0. The Morgan fingerprint density at radius 2 is 2.03 bits per heavy atom. The Morgan fingerprint density at radius 3 is 2.71 bits per heavy atom. The SMILES string of the molecule is C#CCOc1c(I)cc(/C=N\NC(=O)COc2ccc(C3SCCS3)cc2)cc1OC. The van der Waals surface area contributed by atoms with Crippen molar-refractivity contribution in [1.29, 1.82) is 0 Å². The van der Waals surface area contributed by atoms with Crippen molar-refractivity contribution in [2.75, 3.05) is 31.8 Å². The number of carbonyl (C=O) groups is 1. The third-order valence-electron chi connectivity index (χ3n) is 4.10. The Morgan fingerprint density at radius 1 is 1.29 bits per heavy atom. The Bertz CT molecular complexity index is 971.